The molecule has 0 bridgehead atoms. The van der Waals surface area contributed by atoms with E-state index in [1.807, 2.05) is 13.8 Å². The zero-order chi connectivity index (χ0) is 14.7. The first-order valence-corrected chi connectivity index (χ1v) is 6.97. The van der Waals surface area contributed by atoms with Gasteiger partial charge in [-0.25, -0.2) is 9.67 Å². The average Bonchev–Trinajstić information content (AvgIpc) is 2.85. The van der Waals surface area contributed by atoms with Crippen molar-refractivity contribution in [1.82, 2.24) is 14.8 Å². The molecule has 108 valence electrons. The largest absolute Gasteiger partial charge is 0.484 e. The summed E-state index contributed by atoms with van der Waals surface area (Å²) >= 11 is 12.1. The molecule has 0 spiro atoms. The van der Waals surface area contributed by atoms with Gasteiger partial charge in [-0.15, -0.1) is 0 Å². The topological polar surface area (TPSA) is 66.0 Å². The third-order valence-electron chi connectivity index (χ3n) is 2.79. The van der Waals surface area contributed by atoms with Crippen LogP contribution >= 0.6 is 23.2 Å². The molecule has 1 aromatic carbocycles. The molecule has 5 nitrogen and oxygen atoms in total. The van der Waals surface area contributed by atoms with E-state index in [-0.39, 0.29) is 12.6 Å². The van der Waals surface area contributed by atoms with Crippen molar-refractivity contribution >= 4 is 23.2 Å². The van der Waals surface area contributed by atoms with Crippen LogP contribution in [0.2, 0.25) is 10.0 Å². The van der Waals surface area contributed by atoms with Crippen LogP contribution < -0.4 is 10.5 Å². The number of hydrogen-bond acceptors (Lipinski definition) is 4. The Balaban J connectivity index is 2.21. The Morgan fingerprint density at radius 1 is 1.35 bits per heavy atom. The summed E-state index contributed by atoms with van der Waals surface area (Å²) in [5.74, 6) is 1.27. The van der Waals surface area contributed by atoms with Crippen molar-refractivity contribution in [2.75, 3.05) is 0 Å². The Kier molecular flexibility index (Phi) is 4.86. The molecule has 0 fully saturated rings. The van der Waals surface area contributed by atoms with E-state index >= 15 is 0 Å². The summed E-state index contributed by atoms with van der Waals surface area (Å²) in [6.07, 6.45) is 1.51. The Labute approximate surface area is 127 Å². The van der Waals surface area contributed by atoms with E-state index < -0.39 is 0 Å². The van der Waals surface area contributed by atoms with Crippen molar-refractivity contribution in [3.05, 3.63) is 39.9 Å². The van der Waals surface area contributed by atoms with Gasteiger partial charge in [-0.05, 0) is 26.0 Å². The molecule has 0 unspecified atom stereocenters. The van der Waals surface area contributed by atoms with Gasteiger partial charge in [-0.3, -0.25) is 0 Å². The summed E-state index contributed by atoms with van der Waals surface area (Å²) in [5.41, 5.74) is 6.45. The summed E-state index contributed by atoms with van der Waals surface area (Å²) < 4.78 is 7.55. The molecule has 0 aliphatic carbocycles. The van der Waals surface area contributed by atoms with Gasteiger partial charge in [-0.1, -0.05) is 23.2 Å². The SMILES string of the molecule is CC(C)n1ncnc1COc1c(Cl)cc(Cl)cc1CN. The lowest BCUT2D eigenvalue weighted by Crippen LogP contribution is -2.11. The minimum atomic E-state index is 0.214. The van der Waals surface area contributed by atoms with E-state index in [2.05, 4.69) is 10.1 Å². The number of benzene rings is 1. The molecule has 0 atom stereocenters. The van der Waals surface area contributed by atoms with Crippen molar-refractivity contribution in [2.45, 2.75) is 33.0 Å². The molecular weight excluding hydrogens is 299 g/mol. The van der Waals surface area contributed by atoms with Crippen molar-refractivity contribution in [2.24, 2.45) is 5.73 Å². The van der Waals surface area contributed by atoms with Gasteiger partial charge in [-0.2, -0.15) is 5.10 Å². The van der Waals surface area contributed by atoms with Crippen molar-refractivity contribution in [3.8, 4) is 5.75 Å². The Bertz CT molecular complexity index is 598. The first-order valence-electron chi connectivity index (χ1n) is 6.22. The molecule has 0 aliphatic heterocycles. The molecule has 2 N–H and O–H groups in total. The van der Waals surface area contributed by atoms with E-state index in [9.17, 15) is 0 Å². The van der Waals surface area contributed by atoms with Gasteiger partial charge in [0.15, 0.2) is 5.82 Å². The van der Waals surface area contributed by atoms with Gasteiger partial charge >= 0.3 is 0 Å². The molecule has 0 amide bonds. The molecule has 1 heterocycles. The van der Waals surface area contributed by atoms with Crippen molar-refractivity contribution in [3.63, 3.8) is 0 Å². The maximum atomic E-state index is 6.15. The summed E-state index contributed by atoms with van der Waals surface area (Å²) in [6, 6.07) is 3.59. The molecule has 2 rings (SSSR count). The second kappa shape index (κ2) is 6.43. The van der Waals surface area contributed by atoms with Crippen LogP contribution in [0.5, 0.6) is 5.75 Å². The molecular formula is C13H16Cl2N4O. The highest BCUT2D eigenvalue weighted by Gasteiger charge is 2.13. The fraction of sp³-hybridized carbons (Fsp3) is 0.385. The van der Waals surface area contributed by atoms with Crippen LogP contribution in [-0.4, -0.2) is 14.8 Å². The minimum Gasteiger partial charge on any atom is -0.484 e. The smallest absolute Gasteiger partial charge is 0.165 e. The molecule has 7 heteroatoms. The van der Waals surface area contributed by atoms with Gasteiger partial charge < -0.3 is 10.5 Å². The first kappa shape index (κ1) is 15.1. The van der Waals surface area contributed by atoms with E-state index in [1.165, 1.54) is 6.33 Å². The van der Waals surface area contributed by atoms with E-state index in [0.29, 0.717) is 22.3 Å². The summed E-state index contributed by atoms with van der Waals surface area (Å²) in [6.45, 7) is 4.62. The lowest BCUT2D eigenvalue weighted by atomic mass is 10.2. The van der Waals surface area contributed by atoms with Gasteiger partial charge in [0, 0.05) is 23.2 Å². The number of rotatable bonds is 5. The van der Waals surface area contributed by atoms with Crippen LogP contribution in [0.1, 0.15) is 31.3 Å². The zero-order valence-electron chi connectivity index (χ0n) is 11.3. The third-order valence-corrected chi connectivity index (χ3v) is 3.29. The summed E-state index contributed by atoms with van der Waals surface area (Å²) in [5, 5.41) is 5.13. The van der Waals surface area contributed by atoms with Crippen LogP contribution in [0.4, 0.5) is 0 Å². The normalized spacial score (nSPS) is 11.1. The number of nitrogens with zero attached hydrogens (tertiary/aromatic N) is 3. The standard InChI is InChI=1S/C13H16Cl2N4O/c1-8(2)19-12(17-7-18-19)6-20-13-9(5-16)3-10(14)4-11(13)15/h3-4,7-8H,5-6,16H2,1-2H3. The molecule has 2 aromatic rings. The second-order valence-corrected chi connectivity index (χ2v) is 5.43. The highest BCUT2D eigenvalue weighted by molar-refractivity contribution is 6.35. The summed E-state index contributed by atoms with van der Waals surface area (Å²) in [7, 11) is 0. The van der Waals surface area contributed by atoms with Gasteiger partial charge in [0.25, 0.3) is 0 Å². The van der Waals surface area contributed by atoms with Gasteiger partial charge in [0.05, 0.1) is 5.02 Å². The fourth-order valence-electron chi connectivity index (χ4n) is 1.87. The molecule has 0 saturated carbocycles. The van der Waals surface area contributed by atoms with Crippen LogP contribution in [-0.2, 0) is 13.2 Å². The highest BCUT2D eigenvalue weighted by atomic mass is 35.5. The Morgan fingerprint density at radius 2 is 2.10 bits per heavy atom. The lowest BCUT2D eigenvalue weighted by molar-refractivity contribution is 0.280. The minimum absolute atomic E-state index is 0.214. The number of hydrogen-bond donors (Lipinski definition) is 1. The second-order valence-electron chi connectivity index (χ2n) is 4.58. The number of halogens is 2. The van der Waals surface area contributed by atoms with Crippen LogP contribution in [0.3, 0.4) is 0 Å². The lowest BCUT2D eigenvalue weighted by Gasteiger charge is -2.14. The highest BCUT2D eigenvalue weighted by Crippen LogP contribution is 2.32. The van der Waals surface area contributed by atoms with Crippen LogP contribution in [0, 0.1) is 0 Å². The average molecular weight is 315 g/mol. The monoisotopic (exact) mass is 314 g/mol. The van der Waals surface area contributed by atoms with Gasteiger partial charge in [0.2, 0.25) is 0 Å². The molecule has 0 aliphatic rings. The Morgan fingerprint density at radius 3 is 2.75 bits per heavy atom. The predicted molar refractivity (Wildman–Crippen MR) is 79.1 cm³/mol. The van der Waals surface area contributed by atoms with E-state index in [4.69, 9.17) is 33.7 Å². The summed E-state index contributed by atoms with van der Waals surface area (Å²) in [4.78, 5) is 4.18. The maximum absolute atomic E-state index is 6.15. The third kappa shape index (κ3) is 3.23. The van der Waals surface area contributed by atoms with Crippen LogP contribution in [0.15, 0.2) is 18.5 Å². The molecule has 1 aromatic heterocycles. The Hall–Kier alpha value is -1.30. The predicted octanol–water partition coefficient (Wildman–Crippen LogP) is 3.20. The van der Waals surface area contributed by atoms with Crippen LogP contribution in [0.25, 0.3) is 0 Å². The zero-order valence-corrected chi connectivity index (χ0v) is 12.8. The maximum Gasteiger partial charge on any atom is 0.165 e. The quantitative estimate of drug-likeness (QED) is 0.920. The molecule has 0 radical (unpaired) electrons. The van der Waals surface area contributed by atoms with E-state index in [0.717, 1.165) is 11.4 Å². The molecule has 0 saturated heterocycles. The number of ether oxygens (including phenoxy) is 1. The van der Waals surface area contributed by atoms with Gasteiger partial charge in [0.1, 0.15) is 18.7 Å². The van der Waals surface area contributed by atoms with Crippen molar-refractivity contribution in [1.29, 1.82) is 0 Å². The fourth-order valence-corrected chi connectivity index (χ4v) is 2.46. The number of nitrogens with two attached hydrogens (primary N) is 1. The number of aromatic nitrogens is 3. The first-order chi connectivity index (χ1) is 9.52. The van der Waals surface area contributed by atoms with Crippen molar-refractivity contribution < 1.29 is 4.74 Å². The van der Waals surface area contributed by atoms with E-state index in [1.54, 1.807) is 16.8 Å². The molecule has 20 heavy (non-hydrogen) atoms.